The number of hydrogen-bond acceptors (Lipinski definition) is 5. The molecule has 0 spiro atoms. The number of amidine groups is 1. The lowest BCUT2D eigenvalue weighted by atomic mass is 10.2. The minimum Gasteiger partial charge on any atom is -0.360 e. The van der Waals surface area contributed by atoms with E-state index in [0.717, 1.165) is 23.4 Å². The van der Waals surface area contributed by atoms with Gasteiger partial charge in [0, 0.05) is 35.8 Å². The molecular formula is C22H19Cl2N5OS. The highest BCUT2D eigenvalue weighted by Gasteiger charge is 2.19. The molecule has 158 valence electrons. The lowest BCUT2D eigenvalue weighted by Crippen LogP contribution is -2.27. The summed E-state index contributed by atoms with van der Waals surface area (Å²) in [5.41, 5.74) is 1.05. The third-order valence-electron chi connectivity index (χ3n) is 4.81. The zero-order valence-corrected chi connectivity index (χ0v) is 19.2. The molecule has 1 aromatic carbocycles. The van der Waals surface area contributed by atoms with Crippen molar-refractivity contribution >= 4 is 51.3 Å². The lowest BCUT2D eigenvalue weighted by Gasteiger charge is -2.18. The van der Waals surface area contributed by atoms with Crippen molar-refractivity contribution in [2.75, 3.05) is 13.6 Å². The van der Waals surface area contributed by atoms with Crippen LogP contribution in [0.2, 0.25) is 10.0 Å². The zero-order chi connectivity index (χ0) is 22.1. The van der Waals surface area contributed by atoms with Crippen LogP contribution in [0, 0.1) is 5.41 Å². The smallest absolute Gasteiger partial charge is 0.267 e. The Balaban J connectivity index is 1.92. The molecule has 1 N–H and O–H groups in total. The lowest BCUT2D eigenvalue weighted by molar-refractivity contribution is 0.499. The molecule has 0 amide bonds. The summed E-state index contributed by atoms with van der Waals surface area (Å²) in [4.78, 5) is 25.2. The first-order valence-corrected chi connectivity index (χ1v) is 11.3. The van der Waals surface area contributed by atoms with Gasteiger partial charge in [-0.1, -0.05) is 30.1 Å². The maximum Gasteiger partial charge on any atom is 0.267 e. The van der Waals surface area contributed by atoms with Crippen molar-refractivity contribution in [3.8, 4) is 16.5 Å². The SMILES string of the molecule is CCCN(C)C(=N)c1csc(-c2nc3ccc(Cl)cc3c(=O)n2-c2ccc(Cl)cn2)c1. The van der Waals surface area contributed by atoms with Crippen molar-refractivity contribution in [1.82, 2.24) is 19.4 Å². The molecule has 0 bridgehead atoms. The number of nitrogens with zero attached hydrogens (tertiary/aromatic N) is 4. The van der Waals surface area contributed by atoms with Gasteiger partial charge in [0.1, 0.15) is 11.7 Å². The highest BCUT2D eigenvalue weighted by Crippen LogP contribution is 2.29. The van der Waals surface area contributed by atoms with Crippen LogP contribution in [0.1, 0.15) is 18.9 Å². The summed E-state index contributed by atoms with van der Waals surface area (Å²) in [6, 6.07) is 10.3. The molecule has 3 heterocycles. The van der Waals surface area contributed by atoms with Gasteiger partial charge in [-0.25, -0.2) is 14.5 Å². The Kier molecular flexibility index (Phi) is 6.09. The standard InChI is InChI=1S/C22H19Cl2N5OS/c1-3-8-28(2)20(25)13-9-18(31-12-13)21-27-17-6-4-14(23)10-16(17)22(30)29(21)19-7-5-15(24)11-26-19/h4-7,9-12,25H,3,8H2,1-2H3. The maximum atomic E-state index is 13.4. The highest BCUT2D eigenvalue weighted by molar-refractivity contribution is 7.13. The second kappa shape index (κ2) is 8.78. The second-order valence-electron chi connectivity index (χ2n) is 7.04. The predicted octanol–water partition coefficient (Wildman–Crippen LogP) is 5.48. The quantitative estimate of drug-likeness (QED) is 0.308. The van der Waals surface area contributed by atoms with Crippen LogP contribution in [0.15, 0.2) is 52.8 Å². The molecule has 6 nitrogen and oxygen atoms in total. The van der Waals surface area contributed by atoms with Crippen LogP contribution in [0.5, 0.6) is 0 Å². The molecule has 0 saturated carbocycles. The van der Waals surface area contributed by atoms with Crippen molar-refractivity contribution in [3.05, 3.63) is 73.9 Å². The molecule has 4 rings (SSSR count). The van der Waals surface area contributed by atoms with Gasteiger partial charge in [-0.05, 0) is 42.8 Å². The normalized spacial score (nSPS) is 11.1. The number of halogens is 2. The molecule has 3 aromatic heterocycles. The van der Waals surface area contributed by atoms with Crippen molar-refractivity contribution in [2.24, 2.45) is 0 Å². The Morgan fingerprint density at radius 2 is 1.97 bits per heavy atom. The molecule has 0 saturated heterocycles. The van der Waals surface area contributed by atoms with Gasteiger partial charge in [-0.2, -0.15) is 0 Å². The van der Waals surface area contributed by atoms with E-state index in [-0.39, 0.29) is 5.56 Å². The molecule has 31 heavy (non-hydrogen) atoms. The van der Waals surface area contributed by atoms with E-state index in [9.17, 15) is 4.79 Å². The zero-order valence-electron chi connectivity index (χ0n) is 16.9. The molecule has 9 heteroatoms. The van der Waals surface area contributed by atoms with Crippen LogP contribution < -0.4 is 5.56 Å². The third kappa shape index (κ3) is 4.21. The Morgan fingerprint density at radius 1 is 1.19 bits per heavy atom. The van der Waals surface area contributed by atoms with Gasteiger partial charge in [-0.15, -0.1) is 11.3 Å². The molecule has 0 aliphatic rings. The maximum absolute atomic E-state index is 13.4. The van der Waals surface area contributed by atoms with E-state index in [1.54, 1.807) is 30.3 Å². The van der Waals surface area contributed by atoms with Crippen molar-refractivity contribution in [2.45, 2.75) is 13.3 Å². The predicted molar refractivity (Wildman–Crippen MR) is 128 cm³/mol. The van der Waals surface area contributed by atoms with E-state index in [0.29, 0.717) is 38.4 Å². The van der Waals surface area contributed by atoms with Crippen molar-refractivity contribution in [3.63, 3.8) is 0 Å². The van der Waals surface area contributed by atoms with E-state index >= 15 is 0 Å². The van der Waals surface area contributed by atoms with Gasteiger partial charge in [0.25, 0.3) is 5.56 Å². The molecule has 4 aromatic rings. The minimum absolute atomic E-state index is 0.273. The van der Waals surface area contributed by atoms with Crippen LogP contribution in [-0.4, -0.2) is 38.9 Å². The number of nitrogens with one attached hydrogen (secondary N) is 1. The van der Waals surface area contributed by atoms with Gasteiger partial charge in [-0.3, -0.25) is 10.2 Å². The van der Waals surface area contributed by atoms with E-state index in [1.165, 1.54) is 22.1 Å². The summed E-state index contributed by atoms with van der Waals surface area (Å²) in [6.07, 6.45) is 2.44. The number of thiophene rings is 1. The average molecular weight is 472 g/mol. The fourth-order valence-corrected chi connectivity index (χ4v) is 4.44. The summed E-state index contributed by atoms with van der Waals surface area (Å²) in [7, 11) is 1.90. The fourth-order valence-electron chi connectivity index (χ4n) is 3.28. The van der Waals surface area contributed by atoms with Crippen LogP contribution in [0.25, 0.3) is 27.4 Å². The Bertz CT molecular complexity index is 1330. The summed E-state index contributed by atoms with van der Waals surface area (Å²) in [5, 5.41) is 11.7. The Morgan fingerprint density at radius 3 is 2.68 bits per heavy atom. The Hall–Kier alpha value is -2.74. The first kappa shape index (κ1) is 21.5. The number of fused-ring (bicyclic) bond motifs is 1. The number of benzene rings is 1. The number of pyridine rings is 1. The summed E-state index contributed by atoms with van der Waals surface area (Å²) >= 11 is 13.5. The van der Waals surface area contributed by atoms with Crippen LogP contribution in [0.3, 0.4) is 0 Å². The van der Waals surface area contributed by atoms with E-state index in [4.69, 9.17) is 33.6 Å². The average Bonchev–Trinajstić information content (AvgIpc) is 3.24. The van der Waals surface area contributed by atoms with Gasteiger partial charge in [0.05, 0.1) is 20.8 Å². The molecule has 0 aliphatic carbocycles. The van der Waals surface area contributed by atoms with Crippen LogP contribution in [-0.2, 0) is 0 Å². The third-order valence-corrected chi connectivity index (χ3v) is 6.19. The summed E-state index contributed by atoms with van der Waals surface area (Å²) < 4.78 is 1.46. The number of hydrogen-bond donors (Lipinski definition) is 1. The first-order chi connectivity index (χ1) is 14.9. The Labute approximate surface area is 193 Å². The molecule has 0 fully saturated rings. The summed E-state index contributed by atoms with van der Waals surface area (Å²) in [6.45, 7) is 2.87. The summed E-state index contributed by atoms with van der Waals surface area (Å²) in [5.74, 6) is 1.29. The minimum atomic E-state index is -0.273. The molecule has 0 unspecified atom stereocenters. The molecule has 0 atom stereocenters. The second-order valence-corrected chi connectivity index (χ2v) is 8.83. The van der Waals surface area contributed by atoms with Crippen molar-refractivity contribution < 1.29 is 0 Å². The van der Waals surface area contributed by atoms with Gasteiger partial charge in [0.15, 0.2) is 5.82 Å². The molecular weight excluding hydrogens is 453 g/mol. The fraction of sp³-hybridized carbons (Fsp3) is 0.182. The van der Waals surface area contributed by atoms with Crippen molar-refractivity contribution in [1.29, 1.82) is 5.41 Å². The van der Waals surface area contributed by atoms with Gasteiger partial charge < -0.3 is 4.90 Å². The number of rotatable bonds is 5. The van der Waals surface area contributed by atoms with Gasteiger partial charge in [0.2, 0.25) is 0 Å². The van der Waals surface area contributed by atoms with Crippen LogP contribution in [0.4, 0.5) is 0 Å². The highest BCUT2D eigenvalue weighted by atomic mass is 35.5. The molecule has 0 radical (unpaired) electrons. The monoisotopic (exact) mass is 471 g/mol. The molecule has 0 aliphatic heterocycles. The van der Waals surface area contributed by atoms with Crippen LogP contribution >= 0.6 is 34.5 Å². The van der Waals surface area contributed by atoms with E-state index < -0.39 is 0 Å². The topological polar surface area (TPSA) is 74.9 Å². The first-order valence-electron chi connectivity index (χ1n) is 9.62. The largest absolute Gasteiger partial charge is 0.360 e. The van der Waals surface area contributed by atoms with Gasteiger partial charge >= 0.3 is 0 Å². The van der Waals surface area contributed by atoms with E-state index in [2.05, 4.69) is 11.9 Å². The van der Waals surface area contributed by atoms with E-state index in [1.807, 2.05) is 23.4 Å². The number of aromatic nitrogens is 3.